The van der Waals surface area contributed by atoms with Gasteiger partial charge >= 0.3 is 0 Å². The number of nitrogens with zero attached hydrogens (tertiary/aromatic N) is 1. The van der Waals surface area contributed by atoms with E-state index in [0.29, 0.717) is 13.2 Å². The molecule has 0 aromatic heterocycles. The van der Waals surface area contributed by atoms with Gasteiger partial charge in [0.05, 0.1) is 19.8 Å². The van der Waals surface area contributed by atoms with E-state index < -0.39 is 6.10 Å². The van der Waals surface area contributed by atoms with Gasteiger partial charge in [-0.25, -0.2) is 0 Å². The molecule has 1 aliphatic rings. The first-order valence-corrected chi connectivity index (χ1v) is 7.49. The highest BCUT2D eigenvalue weighted by atomic mass is 16.5. The number of morpholine rings is 1. The average Bonchev–Trinajstić information content (AvgIpc) is 2.54. The standard InChI is InChI=1S/C16H24N2O3/c1-14(21-13-15-5-3-2-4-6-15)16(19)17-7-8-18-9-11-20-12-10-18/h2-6,14H,7-13H2,1H3,(H,17,19). The fourth-order valence-corrected chi connectivity index (χ4v) is 2.18. The number of ether oxygens (including phenoxy) is 2. The third-order valence-electron chi connectivity index (χ3n) is 3.54. The summed E-state index contributed by atoms with van der Waals surface area (Å²) in [6.45, 7) is 7.20. The zero-order chi connectivity index (χ0) is 14.9. The summed E-state index contributed by atoms with van der Waals surface area (Å²) < 4.78 is 10.9. The Labute approximate surface area is 126 Å². The lowest BCUT2D eigenvalue weighted by Gasteiger charge is -2.26. The minimum absolute atomic E-state index is 0.0563. The maximum atomic E-state index is 11.9. The molecule has 1 aromatic rings. The Morgan fingerprint density at radius 3 is 2.76 bits per heavy atom. The van der Waals surface area contributed by atoms with E-state index in [2.05, 4.69) is 10.2 Å². The minimum Gasteiger partial charge on any atom is -0.379 e. The smallest absolute Gasteiger partial charge is 0.248 e. The van der Waals surface area contributed by atoms with Crippen LogP contribution >= 0.6 is 0 Å². The van der Waals surface area contributed by atoms with E-state index in [-0.39, 0.29) is 5.91 Å². The van der Waals surface area contributed by atoms with Gasteiger partial charge in [-0.3, -0.25) is 9.69 Å². The van der Waals surface area contributed by atoms with Crippen molar-refractivity contribution in [3.8, 4) is 0 Å². The van der Waals surface area contributed by atoms with E-state index >= 15 is 0 Å². The van der Waals surface area contributed by atoms with Crippen LogP contribution in [0.5, 0.6) is 0 Å². The molecule has 1 heterocycles. The van der Waals surface area contributed by atoms with Gasteiger partial charge in [-0.15, -0.1) is 0 Å². The minimum atomic E-state index is -0.435. The predicted octanol–water partition coefficient (Wildman–Crippen LogP) is 1.04. The first-order valence-electron chi connectivity index (χ1n) is 7.49. The van der Waals surface area contributed by atoms with Crippen LogP contribution in [0.1, 0.15) is 12.5 Å². The summed E-state index contributed by atoms with van der Waals surface area (Å²) >= 11 is 0. The Bertz CT molecular complexity index is 419. The number of amides is 1. The third kappa shape index (κ3) is 5.83. The van der Waals surface area contributed by atoms with Crippen LogP contribution in [0.3, 0.4) is 0 Å². The van der Waals surface area contributed by atoms with Crippen molar-refractivity contribution < 1.29 is 14.3 Å². The first kappa shape index (κ1) is 15.9. The van der Waals surface area contributed by atoms with Gasteiger partial charge in [-0.1, -0.05) is 30.3 Å². The molecule has 0 aliphatic carbocycles. The summed E-state index contributed by atoms with van der Waals surface area (Å²) in [5, 5.41) is 2.92. The molecule has 5 nitrogen and oxygen atoms in total. The molecule has 1 amide bonds. The number of nitrogens with one attached hydrogen (secondary N) is 1. The second-order valence-corrected chi connectivity index (χ2v) is 5.18. The van der Waals surface area contributed by atoms with Crippen LogP contribution in [0.25, 0.3) is 0 Å². The maximum Gasteiger partial charge on any atom is 0.248 e. The summed E-state index contributed by atoms with van der Waals surface area (Å²) in [5.74, 6) is -0.0563. The van der Waals surface area contributed by atoms with Crippen molar-refractivity contribution in [1.29, 1.82) is 0 Å². The van der Waals surface area contributed by atoms with E-state index in [4.69, 9.17) is 9.47 Å². The summed E-state index contributed by atoms with van der Waals surface area (Å²) in [7, 11) is 0. The molecule has 0 bridgehead atoms. The van der Waals surface area contributed by atoms with Crippen molar-refractivity contribution in [2.24, 2.45) is 0 Å². The van der Waals surface area contributed by atoms with Crippen molar-refractivity contribution in [3.63, 3.8) is 0 Å². The lowest BCUT2D eigenvalue weighted by Crippen LogP contribution is -2.43. The number of benzene rings is 1. The zero-order valence-corrected chi connectivity index (χ0v) is 12.6. The summed E-state index contributed by atoms with van der Waals surface area (Å²) in [4.78, 5) is 14.2. The molecular weight excluding hydrogens is 268 g/mol. The summed E-state index contributed by atoms with van der Waals surface area (Å²) in [5.41, 5.74) is 1.07. The van der Waals surface area contributed by atoms with Crippen LogP contribution in [0, 0.1) is 0 Å². The molecule has 5 heteroatoms. The molecule has 1 atom stereocenters. The van der Waals surface area contributed by atoms with E-state index in [1.807, 2.05) is 30.3 Å². The number of carbonyl (C=O) groups excluding carboxylic acids is 1. The molecule has 2 rings (SSSR count). The quantitative estimate of drug-likeness (QED) is 0.816. The van der Waals surface area contributed by atoms with Gasteiger partial charge in [0.15, 0.2) is 0 Å². The normalized spacial score (nSPS) is 17.4. The van der Waals surface area contributed by atoms with Gasteiger partial charge in [0.2, 0.25) is 5.91 Å². The lowest BCUT2D eigenvalue weighted by atomic mass is 10.2. The fraction of sp³-hybridized carbons (Fsp3) is 0.562. The first-order chi connectivity index (χ1) is 10.3. The summed E-state index contributed by atoms with van der Waals surface area (Å²) in [6, 6.07) is 9.87. The van der Waals surface area contributed by atoms with Crippen molar-refractivity contribution in [2.45, 2.75) is 19.6 Å². The highest BCUT2D eigenvalue weighted by Crippen LogP contribution is 2.03. The van der Waals surface area contributed by atoms with Crippen molar-refractivity contribution in [2.75, 3.05) is 39.4 Å². The number of hydrogen-bond donors (Lipinski definition) is 1. The second kappa shape index (κ2) is 8.77. The van der Waals surface area contributed by atoms with Crippen molar-refractivity contribution >= 4 is 5.91 Å². The van der Waals surface area contributed by atoms with Crippen LogP contribution in [-0.2, 0) is 20.9 Å². The third-order valence-corrected chi connectivity index (χ3v) is 3.54. The molecule has 1 saturated heterocycles. The molecular formula is C16H24N2O3. The average molecular weight is 292 g/mol. The van der Waals surface area contributed by atoms with Gasteiger partial charge in [-0.05, 0) is 12.5 Å². The molecule has 1 aliphatic heterocycles. The number of hydrogen-bond acceptors (Lipinski definition) is 4. The Morgan fingerprint density at radius 1 is 1.33 bits per heavy atom. The monoisotopic (exact) mass is 292 g/mol. The predicted molar refractivity (Wildman–Crippen MR) is 81.0 cm³/mol. The Morgan fingerprint density at radius 2 is 2.05 bits per heavy atom. The molecule has 21 heavy (non-hydrogen) atoms. The molecule has 0 radical (unpaired) electrons. The van der Waals surface area contributed by atoms with E-state index in [1.165, 1.54) is 0 Å². The van der Waals surface area contributed by atoms with Gasteiger partial charge < -0.3 is 14.8 Å². The molecule has 1 aromatic carbocycles. The highest BCUT2D eigenvalue weighted by molar-refractivity contribution is 5.80. The Balaban J connectivity index is 1.60. The lowest BCUT2D eigenvalue weighted by molar-refractivity contribution is -0.132. The molecule has 1 unspecified atom stereocenters. The SMILES string of the molecule is CC(OCc1ccccc1)C(=O)NCCN1CCOCC1. The maximum absolute atomic E-state index is 11.9. The van der Waals surface area contributed by atoms with E-state index in [9.17, 15) is 4.79 Å². The summed E-state index contributed by atoms with van der Waals surface area (Å²) in [6.07, 6.45) is -0.435. The molecule has 0 spiro atoms. The Kier molecular flexibility index (Phi) is 6.66. The van der Waals surface area contributed by atoms with Crippen molar-refractivity contribution in [1.82, 2.24) is 10.2 Å². The highest BCUT2D eigenvalue weighted by Gasteiger charge is 2.14. The second-order valence-electron chi connectivity index (χ2n) is 5.18. The van der Waals surface area contributed by atoms with Crippen LogP contribution in [-0.4, -0.2) is 56.3 Å². The molecule has 1 fully saturated rings. The van der Waals surface area contributed by atoms with E-state index in [1.54, 1.807) is 6.92 Å². The fourth-order valence-electron chi connectivity index (χ4n) is 2.18. The number of carbonyl (C=O) groups is 1. The van der Waals surface area contributed by atoms with Gasteiger partial charge in [0, 0.05) is 26.2 Å². The molecule has 116 valence electrons. The number of rotatable bonds is 7. The molecule has 0 saturated carbocycles. The van der Waals surface area contributed by atoms with Crippen LogP contribution < -0.4 is 5.32 Å². The molecule has 1 N–H and O–H groups in total. The van der Waals surface area contributed by atoms with Crippen LogP contribution in [0.2, 0.25) is 0 Å². The zero-order valence-electron chi connectivity index (χ0n) is 12.6. The van der Waals surface area contributed by atoms with E-state index in [0.717, 1.165) is 38.4 Å². The van der Waals surface area contributed by atoms with Gasteiger partial charge in [0.1, 0.15) is 6.10 Å². The van der Waals surface area contributed by atoms with Gasteiger partial charge in [0.25, 0.3) is 0 Å². The van der Waals surface area contributed by atoms with Crippen molar-refractivity contribution in [3.05, 3.63) is 35.9 Å². The largest absolute Gasteiger partial charge is 0.379 e. The van der Waals surface area contributed by atoms with Crippen LogP contribution in [0.15, 0.2) is 30.3 Å². The topological polar surface area (TPSA) is 50.8 Å². The Hall–Kier alpha value is -1.43. The van der Waals surface area contributed by atoms with Gasteiger partial charge in [-0.2, -0.15) is 0 Å². The van der Waals surface area contributed by atoms with Crippen LogP contribution in [0.4, 0.5) is 0 Å².